The standard InChI is InChI=1S/C11H11ClOS/c1-2-9-5-3-4-6-10(9)11(14-13)7-8-12/h2-6H,1,7-8H2. The number of benzene rings is 1. The van der Waals surface area contributed by atoms with Gasteiger partial charge >= 0.3 is 0 Å². The van der Waals surface area contributed by atoms with Gasteiger partial charge in [0, 0.05) is 5.88 Å². The summed E-state index contributed by atoms with van der Waals surface area (Å²) in [4.78, 5) is 0.774. The van der Waals surface area contributed by atoms with E-state index in [1.54, 1.807) is 6.08 Å². The van der Waals surface area contributed by atoms with Crippen LogP contribution in [0.1, 0.15) is 17.5 Å². The molecule has 0 bridgehead atoms. The predicted octanol–water partition coefficient (Wildman–Crippen LogP) is 2.69. The minimum absolute atomic E-state index is 0.468. The third-order valence-electron chi connectivity index (χ3n) is 1.90. The molecule has 0 heterocycles. The smallest absolute Gasteiger partial charge is 0.0927 e. The van der Waals surface area contributed by atoms with Crippen LogP contribution in [0.2, 0.25) is 0 Å². The Bertz CT molecular complexity index is 381. The van der Waals surface area contributed by atoms with E-state index in [0.29, 0.717) is 23.6 Å². The fourth-order valence-electron chi connectivity index (χ4n) is 1.24. The molecule has 0 aliphatic heterocycles. The Morgan fingerprint density at radius 2 is 2.21 bits per heavy atom. The average Bonchev–Trinajstić information content (AvgIpc) is 2.26. The minimum Gasteiger partial charge on any atom is -0.212 e. The molecule has 0 fully saturated rings. The maximum atomic E-state index is 10.9. The van der Waals surface area contributed by atoms with Crippen LogP contribution in [0.5, 0.6) is 0 Å². The monoisotopic (exact) mass is 226 g/mol. The van der Waals surface area contributed by atoms with Crippen molar-refractivity contribution in [2.75, 3.05) is 5.88 Å². The lowest BCUT2D eigenvalue weighted by atomic mass is 10.0. The maximum Gasteiger partial charge on any atom is 0.0927 e. The molecule has 0 atom stereocenters. The molecule has 74 valence electrons. The van der Waals surface area contributed by atoms with Crippen LogP contribution < -0.4 is 0 Å². The molecule has 0 aliphatic rings. The zero-order chi connectivity index (χ0) is 10.4. The second-order valence-corrected chi connectivity index (χ2v) is 3.77. The van der Waals surface area contributed by atoms with Crippen LogP contribution in [0.25, 0.3) is 6.08 Å². The number of halogens is 1. The lowest BCUT2D eigenvalue weighted by Crippen LogP contribution is -2.03. The van der Waals surface area contributed by atoms with Crippen LogP contribution >= 0.6 is 11.6 Å². The predicted molar refractivity (Wildman–Crippen MR) is 64.1 cm³/mol. The summed E-state index contributed by atoms with van der Waals surface area (Å²) in [5.74, 6) is 0.468. The zero-order valence-corrected chi connectivity index (χ0v) is 9.27. The van der Waals surface area contributed by atoms with Crippen LogP contribution in [0.15, 0.2) is 30.8 Å². The summed E-state index contributed by atoms with van der Waals surface area (Å²) in [6, 6.07) is 7.69. The van der Waals surface area contributed by atoms with Crippen LogP contribution in [0, 0.1) is 0 Å². The summed E-state index contributed by atoms with van der Waals surface area (Å²) >= 11 is 6.13. The molecule has 0 amide bonds. The van der Waals surface area contributed by atoms with E-state index in [-0.39, 0.29) is 0 Å². The van der Waals surface area contributed by atoms with E-state index in [2.05, 4.69) is 6.58 Å². The largest absolute Gasteiger partial charge is 0.212 e. The molecule has 0 spiro atoms. The molecule has 0 N–H and O–H groups in total. The van der Waals surface area contributed by atoms with Crippen LogP contribution in [0.4, 0.5) is 0 Å². The Balaban J connectivity index is 3.16. The second kappa shape index (κ2) is 5.78. The molecule has 1 rings (SSSR count). The molecular weight excluding hydrogens is 216 g/mol. The summed E-state index contributed by atoms with van der Waals surface area (Å²) < 4.78 is 10.9. The van der Waals surface area contributed by atoms with Gasteiger partial charge < -0.3 is 0 Å². The average molecular weight is 227 g/mol. The molecule has 1 nitrogen and oxygen atoms in total. The van der Waals surface area contributed by atoms with E-state index in [4.69, 9.17) is 11.6 Å². The zero-order valence-electron chi connectivity index (χ0n) is 7.70. The van der Waals surface area contributed by atoms with E-state index in [1.807, 2.05) is 24.3 Å². The lowest BCUT2D eigenvalue weighted by Gasteiger charge is -2.04. The summed E-state index contributed by atoms with van der Waals surface area (Å²) in [7, 11) is 0. The summed E-state index contributed by atoms with van der Waals surface area (Å²) in [5.41, 5.74) is 1.93. The number of rotatable bonds is 4. The highest BCUT2D eigenvalue weighted by Gasteiger charge is 2.05. The molecule has 14 heavy (non-hydrogen) atoms. The van der Waals surface area contributed by atoms with Crippen molar-refractivity contribution in [1.82, 2.24) is 0 Å². The Morgan fingerprint density at radius 1 is 1.50 bits per heavy atom. The lowest BCUT2D eigenvalue weighted by molar-refractivity contribution is 0.701. The van der Waals surface area contributed by atoms with Crippen molar-refractivity contribution in [2.24, 2.45) is 0 Å². The SMILES string of the molecule is C=Cc1ccccc1C(CCCl)=S=O. The van der Waals surface area contributed by atoms with Crippen molar-refractivity contribution < 1.29 is 4.21 Å². The third-order valence-corrected chi connectivity index (χ3v) is 2.72. The van der Waals surface area contributed by atoms with Gasteiger partial charge in [-0.15, -0.1) is 11.6 Å². The molecule has 0 saturated carbocycles. The van der Waals surface area contributed by atoms with Crippen molar-refractivity contribution in [3.05, 3.63) is 42.0 Å². The van der Waals surface area contributed by atoms with Gasteiger partial charge in [-0.05, 0) is 17.5 Å². The Kier molecular flexibility index (Phi) is 4.63. The van der Waals surface area contributed by atoms with E-state index >= 15 is 0 Å². The van der Waals surface area contributed by atoms with Gasteiger partial charge in [0.05, 0.1) is 16.1 Å². The molecule has 3 heteroatoms. The highest BCUT2D eigenvalue weighted by Crippen LogP contribution is 2.12. The molecule has 0 aliphatic carbocycles. The van der Waals surface area contributed by atoms with Gasteiger partial charge in [-0.25, -0.2) is 4.21 Å². The Hall–Kier alpha value is -0.860. The first-order valence-corrected chi connectivity index (χ1v) is 5.54. The highest BCUT2D eigenvalue weighted by atomic mass is 35.5. The molecule has 0 saturated heterocycles. The van der Waals surface area contributed by atoms with Gasteiger partial charge in [0.25, 0.3) is 0 Å². The van der Waals surface area contributed by atoms with Gasteiger partial charge in [0.2, 0.25) is 0 Å². The first-order valence-electron chi connectivity index (χ1n) is 4.27. The van der Waals surface area contributed by atoms with Gasteiger partial charge in [0.15, 0.2) is 0 Å². The Labute approximate surface area is 92.5 Å². The van der Waals surface area contributed by atoms with Gasteiger partial charge in [-0.1, -0.05) is 36.9 Å². The third kappa shape index (κ3) is 2.56. The second-order valence-electron chi connectivity index (χ2n) is 2.74. The quantitative estimate of drug-likeness (QED) is 0.438. The van der Waals surface area contributed by atoms with Crippen molar-refractivity contribution in [2.45, 2.75) is 6.42 Å². The van der Waals surface area contributed by atoms with Crippen molar-refractivity contribution in [3.8, 4) is 0 Å². The molecule has 0 aromatic heterocycles. The number of hydrogen-bond donors (Lipinski definition) is 0. The van der Waals surface area contributed by atoms with Gasteiger partial charge in [-0.2, -0.15) is 0 Å². The fraction of sp³-hybridized carbons (Fsp3) is 0.182. The maximum absolute atomic E-state index is 10.9. The first-order chi connectivity index (χ1) is 6.83. The number of hydrogen-bond acceptors (Lipinski definition) is 1. The van der Waals surface area contributed by atoms with Crippen molar-refractivity contribution >= 4 is 33.8 Å². The normalized spacial score (nSPS) is 9.50. The number of alkyl halides is 1. The fourth-order valence-corrected chi connectivity index (χ4v) is 2.00. The molecule has 0 radical (unpaired) electrons. The topological polar surface area (TPSA) is 17.1 Å². The van der Waals surface area contributed by atoms with Crippen LogP contribution in [-0.4, -0.2) is 15.0 Å². The molecule has 0 unspecified atom stereocenters. The van der Waals surface area contributed by atoms with Crippen molar-refractivity contribution in [3.63, 3.8) is 0 Å². The highest BCUT2D eigenvalue weighted by molar-refractivity contribution is 7.67. The Morgan fingerprint density at radius 3 is 2.79 bits per heavy atom. The molecule has 1 aromatic carbocycles. The van der Waals surface area contributed by atoms with E-state index < -0.39 is 0 Å². The van der Waals surface area contributed by atoms with Crippen LogP contribution in [-0.2, 0) is 11.3 Å². The molecule has 1 aromatic rings. The van der Waals surface area contributed by atoms with Crippen LogP contribution in [0.3, 0.4) is 0 Å². The van der Waals surface area contributed by atoms with Gasteiger partial charge in [-0.3, -0.25) is 0 Å². The van der Waals surface area contributed by atoms with E-state index in [1.165, 1.54) is 0 Å². The summed E-state index contributed by atoms with van der Waals surface area (Å²) in [5, 5.41) is 0. The van der Waals surface area contributed by atoms with E-state index in [9.17, 15) is 4.21 Å². The summed E-state index contributed by atoms with van der Waals surface area (Å²) in [6.07, 6.45) is 2.36. The molecular formula is C11H11ClOS. The summed E-state index contributed by atoms with van der Waals surface area (Å²) in [6.45, 7) is 3.71. The minimum atomic E-state index is 0.468. The van der Waals surface area contributed by atoms with E-state index in [0.717, 1.165) is 16.0 Å². The van der Waals surface area contributed by atoms with Gasteiger partial charge in [0.1, 0.15) is 0 Å². The first kappa shape index (κ1) is 11.2. The van der Waals surface area contributed by atoms with Crippen molar-refractivity contribution in [1.29, 1.82) is 0 Å².